The fourth-order valence-electron chi connectivity index (χ4n) is 3.30. The SMILES string of the molecule is COc1ccc(NC(=O)[C@H](C)OC(=O)CN2C(=O)N[C@@](C)(c3ccc(OC)cc3)C2=O)cc1. The van der Waals surface area contributed by atoms with E-state index >= 15 is 0 Å². The summed E-state index contributed by atoms with van der Waals surface area (Å²) in [5.74, 6) is -0.835. The molecule has 1 fully saturated rings. The van der Waals surface area contributed by atoms with Crippen molar-refractivity contribution in [2.24, 2.45) is 0 Å². The number of nitrogens with one attached hydrogen (secondary N) is 2. The minimum absolute atomic E-state index is 0.494. The van der Waals surface area contributed by atoms with E-state index in [2.05, 4.69) is 10.6 Å². The van der Waals surface area contributed by atoms with Gasteiger partial charge in [-0.15, -0.1) is 0 Å². The van der Waals surface area contributed by atoms with Crippen LogP contribution in [0, 0.1) is 0 Å². The van der Waals surface area contributed by atoms with Crippen LogP contribution in [0.3, 0.4) is 0 Å². The van der Waals surface area contributed by atoms with E-state index in [9.17, 15) is 19.2 Å². The second-order valence-electron chi connectivity index (χ2n) is 7.52. The van der Waals surface area contributed by atoms with Gasteiger partial charge in [0.25, 0.3) is 11.8 Å². The maximum atomic E-state index is 13.0. The van der Waals surface area contributed by atoms with E-state index in [1.165, 1.54) is 21.1 Å². The number of anilines is 1. The van der Waals surface area contributed by atoms with Crippen molar-refractivity contribution in [2.75, 3.05) is 26.1 Å². The smallest absolute Gasteiger partial charge is 0.327 e. The first kappa shape index (κ1) is 23.6. The highest BCUT2D eigenvalue weighted by atomic mass is 16.5. The molecular weight excluding hydrogens is 430 g/mol. The van der Waals surface area contributed by atoms with Gasteiger partial charge < -0.3 is 24.8 Å². The van der Waals surface area contributed by atoms with Crippen molar-refractivity contribution in [3.8, 4) is 11.5 Å². The summed E-state index contributed by atoms with van der Waals surface area (Å²) in [5, 5.41) is 5.22. The first-order valence-corrected chi connectivity index (χ1v) is 10.1. The second kappa shape index (κ2) is 9.60. The quantitative estimate of drug-likeness (QED) is 0.461. The van der Waals surface area contributed by atoms with E-state index in [0.29, 0.717) is 22.7 Å². The highest BCUT2D eigenvalue weighted by Gasteiger charge is 2.49. The molecule has 2 atom stereocenters. The summed E-state index contributed by atoms with van der Waals surface area (Å²) < 4.78 is 15.3. The Morgan fingerprint density at radius 1 is 1.00 bits per heavy atom. The van der Waals surface area contributed by atoms with Crippen LogP contribution in [0.1, 0.15) is 19.4 Å². The predicted octanol–water partition coefficient (Wildman–Crippen LogP) is 2.04. The Balaban J connectivity index is 1.60. The number of hydrogen-bond donors (Lipinski definition) is 2. The number of carbonyl (C=O) groups is 4. The molecule has 0 aromatic heterocycles. The van der Waals surface area contributed by atoms with Crippen LogP contribution in [-0.4, -0.2) is 55.6 Å². The molecule has 4 amide bonds. The molecule has 174 valence electrons. The predicted molar refractivity (Wildman–Crippen MR) is 118 cm³/mol. The number of amides is 4. The number of methoxy groups -OCH3 is 2. The lowest BCUT2D eigenvalue weighted by Gasteiger charge is -2.22. The van der Waals surface area contributed by atoms with Gasteiger partial charge in [-0.05, 0) is 55.8 Å². The van der Waals surface area contributed by atoms with Crippen molar-refractivity contribution in [1.29, 1.82) is 0 Å². The maximum Gasteiger partial charge on any atom is 0.327 e. The van der Waals surface area contributed by atoms with Crippen LogP contribution in [0.5, 0.6) is 11.5 Å². The molecule has 0 spiro atoms. The van der Waals surface area contributed by atoms with Crippen molar-refractivity contribution >= 4 is 29.5 Å². The Bertz CT molecular complexity index is 1050. The molecule has 0 bridgehead atoms. The van der Waals surface area contributed by atoms with Gasteiger partial charge in [0.1, 0.15) is 23.6 Å². The molecule has 1 heterocycles. The zero-order valence-corrected chi connectivity index (χ0v) is 18.7. The van der Waals surface area contributed by atoms with E-state index < -0.39 is 42.0 Å². The standard InChI is InChI=1S/C23H25N3O7/c1-14(20(28)24-16-7-11-18(32-4)12-8-16)33-19(27)13-26-21(29)23(2,25-22(26)30)15-5-9-17(31-3)10-6-15/h5-12,14H,13H2,1-4H3,(H,24,28)(H,25,30)/t14-,23-/m0/s1. The van der Waals surface area contributed by atoms with Crippen LogP contribution in [0.25, 0.3) is 0 Å². The summed E-state index contributed by atoms with van der Waals surface area (Å²) in [5.41, 5.74) is -0.320. The molecule has 0 saturated carbocycles. The van der Waals surface area contributed by atoms with Crippen molar-refractivity contribution in [3.63, 3.8) is 0 Å². The lowest BCUT2D eigenvalue weighted by atomic mass is 9.92. The number of imide groups is 1. The number of benzene rings is 2. The van der Waals surface area contributed by atoms with Crippen molar-refractivity contribution < 1.29 is 33.4 Å². The van der Waals surface area contributed by atoms with Crippen molar-refractivity contribution in [2.45, 2.75) is 25.5 Å². The first-order chi connectivity index (χ1) is 15.7. The molecule has 2 aromatic rings. The van der Waals surface area contributed by atoms with Crippen LogP contribution in [0.15, 0.2) is 48.5 Å². The minimum Gasteiger partial charge on any atom is -0.497 e. The van der Waals surface area contributed by atoms with Gasteiger partial charge in [-0.3, -0.25) is 19.3 Å². The Labute approximate surface area is 190 Å². The molecule has 1 aliphatic rings. The number of nitrogens with zero attached hydrogens (tertiary/aromatic N) is 1. The number of carbonyl (C=O) groups excluding carboxylic acids is 4. The normalized spacial score (nSPS) is 18.4. The number of rotatable bonds is 8. The zero-order chi connectivity index (χ0) is 24.2. The summed E-state index contributed by atoms with van der Waals surface area (Å²) >= 11 is 0. The van der Waals surface area contributed by atoms with E-state index in [0.717, 1.165) is 4.90 Å². The van der Waals surface area contributed by atoms with E-state index in [1.54, 1.807) is 55.5 Å². The Kier molecular flexibility index (Phi) is 6.86. The van der Waals surface area contributed by atoms with Crippen LogP contribution in [-0.2, 0) is 24.7 Å². The number of hydrogen-bond acceptors (Lipinski definition) is 7. The Morgan fingerprint density at radius 3 is 2.09 bits per heavy atom. The third-order valence-electron chi connectivity index (χ3n) is 5.26. The summed E-state index contributed by atoms with van der Waals surface area (Å²) in [6, 6.07) is 12.5. The molecule has 2 aromatic carbocycles. The van der Waals surface area contributed by atoms with Crippen LogP contribution in [0.2, 0.25) is 0 Å². The van der Waals surface area contributed by atoms with Gasteiger partial charge in [-0.1, -0.05) is 12.1 Å². The fourth-order valence-corrected chi connectivity index (χ4v) is 3.30. The first-order valence-electron chi connectivity index (χ1n) is 10.1. The average molecular weight is 455 g/mol. The van der Waals surface area contributed by atoms with Gasteiger partial charge in [0.15, 0.2) is 6.10 Å². The molecule has 10 heteroatoms. The molecule has 3 rings (SSSR count). The molecule has 0 unspecified atom stereocenters. The van der Waals surface area contributed by atoms with E-state index in [4.69, 9.17) is 14.2 Å². The van der Waals surface area contributed by atoms with Crippen LogP contribution >= 0.6 is 0 Å². The largest absolute Gasteiger partial charge is 0.497 e. The van der Waals surface area contributed by atoms with Gasteiger partial charge in [0.2, 0.25) is 0 Å². The van der Waals surface area contributed by atoms with Gasteiger partial charge >= 0.3 is 12.0 Å². The third kappa shape index (κ3) is 5.05. The highest BCUT2D eigenvalue weighted by molar-refractivity contribution is 6.09. The van der Waals surface area contributed by atoms with Crippen LogP contribution in [0.4, 0.5) is 10.5 Å². The molecular formula is C23H25N3O7. The summed E-state index contributed by atoms with van der Waals surface area (Å²) in [4.78, 5) is 50.8. The molecule has 2 N–H and O–H groups in total. The number of urea groups is 1. The maximum absolute atomic E-state index is 13.0. The van der Waals surface area contributed by atoms with Crippen LogP contribution < -0.4 is 20.1 Å². The van der Waals surface area contributed by atoms with Crippen molar-refractivity contribution in [1.82, 2.24) is 10.2 Å². The lowest BCUT2D eigenvalue weighted by molar-refractivity contribution is -0.155. The molecule has 10 nitrogen and oxygen atoms in total. The molecule has 33 heavy (non-hydrogen) atoms. The summed E-state index contributed by atoms with van der Waals surface area (Å²) in [6.07, 6.45) is -1.15. The van der Waals surface area contributed by atoms with E-state index in [-0.39, 0.29) is 0 Å². The number of esters is 1. The minimum atomic E-state index is -1.35. The Morgan fingerprint density at radius 2 is 1.55 bits per heavy atom. The van der Waals surface area contributed by atoms with Gasteiger partial charge in [0, 0.05) is 5.69 Å². The third-order valence-corrected chi connectivity index (χ3v) is 5.26. The molecule has 0 radical (unpaired) electrons. The van der Waals surface area contributed by atoms with E-state index in [1.807, 2.05) is 0 Å². The monoisotopic (exact) mass is 455 g/mol. The van der Waals surface area contributed by atoms with Gasteiger partial charge in [0.05, 0.1) is 14.2 Å². The number of ether oxygens (including phenoxy) is 3. The zero-order valence-electron chi connectivity index (χ0n) is 18.7. The van der Waals surface area contributed by atoms with Gasteiger partial charge in [-0.2, -0.15) is 0 Å². The topological polar surface area (TPSA) is 123 Å². The summed E-state index contributed by atoms with van der Waals surface area (Å²) in [7, 11) is 3.05. The van der Waals surface area contributed by atoms with Gasteiger partial charge in [-0.25, -0.2) is 4.79 Å². The average Bonchev–Trinajstić information content (AvgIpc) is 3.03. The molecule has 1 saturated heterocycles. The highest BCUT2D eigenvalue weighted by Crippen LogP contribution is 2.30. The Hall–Kier alpha value is -4.08. The van der Waals surface area contributed by atoms with Crippen molar-refractivity contribution in [3.05, 3.63) is 54.1 Å². The molecule has 1 aliphatic heterocycles. The molecule has 0 aliphatic carbocycles. The lowest BCUT2D eigenvalue weighted by Crippen LogP contribution is -2.42. The summed E-state index contributed by atoms with van der Waals surface area (Å²) in [6.45, 7) is 2.31. The fraction of sp³-hybridized carbons (Fsp3) is 0.304. The second-order valence-corrected chi connectivity index (χ2v) is 7.52.